The maximum atomic E-state index is 11.3. The summed E-state index contributed by atoms with van der Waals surface area (Å²) >= 11 is 0. The van der Waals surface area contributed by atoms with Gasteiger partial charge in [-0.15, -0.1) is 12.3 Å². The molecule has 0 saturated heterocycles. The minimum Gasteiger partial charge on any atom is -0.876 e. The first-order valence-corrected chi connectivity index (χ1v) is 10.8. The Bertz CT molecular complexity index is 1060. The predicted molar refractivity (Wildman–Crippen MR) is 131 cm³/mol. The number of quaternary nitrogens is 1. The van der Waals surface area contributed by atoms with E-state index in [0.29, 0.717) is 4.48 Å². The Morgan fingerprint density at radius 2 is 0.886 bits per heavy atom. The van der Waals surface area contributed by atoms with E-state index >= 15 is 0 Å². The molecule has 35 heavy (non-hydrogen) atoms. The second-order valence-electron chi connectivity index (χ2n) is 7.65. The van der Waals surface area contributed by atoms with Gasteiger partial charge in [-0.2, -0.15) is 17.7 Å². The van der Waals surface area contributed by atoms with Gasteiger partial charge < -0.3 is 5.11 Å². The van der Waals surface area contributed by atoms with Crippen molar-refractivity contribution in [2.45, 2.75) is 12.6 Å². The lowest BCUT2D eigenvalue weighted by molar-refractivity contribution is -0.305. The van der Waals surface area contributed by atoms with Crippen LogP contribution in [0.25, 0.3) is 0 Å². The average Bonchev–Trinajstić information content (AvgIpc) is 2.87. The molecule has 178 valence electrons. The van der Waals surface area contributed by atoms with E-state index in [2.05, 4.69) is 128 Å². The van der Waals surface area contributed by atoms with Crippen LogP contribution in [0.2, 0.25) is 0 Å². The summed E-state index contributed by atoms with van der Waals surface area (Å²) in [7, 11) is 0. The number of para-hydroxylation sites is 4. The lowest BCUT2D eigenvalue weighted by Crippen LogP contribution is -2.33. The van der Waals surface area contributed by atoms with E-state index < -0.39 is 24.1 Å². The number of nitrogens with zero attached hydrogens (tertiary/aromatic N) is 1. The highest BCUT2D eigenvalue weighted by Crippen LogP contribution is 2.50. The zero-order valence-corrected chi connectivity index (χ0v) is 18.9. The van der Waals surface area contributed by atoms with E-state index in [1.54, 1.807) is 0 Å². The number of hydrogen-bond donors (Lipinski definition) is 0. The van der Waals surface area contributed by atoms with Crippen LogP contribution in [-0.2, 0) is 4.79 Å². The average molecular weight is 476 g/mol. The quantitative estimate of drug-likeness (QED) is 0.216. The van der Waals surface area contributed by atoms with Gasteiger partial charge in [-0.05, 0) is 0 Å². The van der Waals surface area contributed by atoms with Crippen molar-refractivity contribution in [3.8, 4) is 0 Å². The molecule has 3 nitrogen and oxygen atoms in total. The normalized spacial score (nSPS) is 11.2. The molecule has 0 saturated carbocycles. The van der Waals surface area contributed by atoms with E-state index in [4.69, 9.17) is 0 Å². The van der Waals surface area contributed by atoms with Crippen molar-refractivity contribution in [3.05, 3.63) is 134 Å². The molecule has 0 spiro atoms. The first kappa shape index (κ1) is 25.5. The van der Waals surface area contributed by atoms with E-state index in [-0.39, 0.29) is 0 Å². The van der Waals surface area contributed by atoms with Gasteiger partial charge in [0.25, 0.3) is 0 Å². The van der Waals surface area contributed by atoms with Crippen LogP contribution in [0, 0.1) is 0 Å². The summed E-state index contributed by atoms with van der Waals surface area (Å²) in [5, 5.41) is 9.87. The van der Waals surface area contributed by atoms with Crippen LogP contribution in [0.1, 0.15) is 6.42 Å². The lowest BCUT2D eigenvalue weighted by Gasteiger charge is -2.37. The number of rotatable bonds is 6. The number of ketones is 1. The minimum atomic E-state index is -4.91. The van der Waals surface area contributed by atoms with Crippen molar-refractivity contribution < 1.29 is 23.1 Å². The van der Waals surface area contributed by atoms with Crippen LogP contribution in [0.4, 0.5) is 35.9 Å². The van der Waals surface area contributed by atoms with Gasteiger partial charge in [0.1, 0.15) is 22.7 Å². The standard InChI is InChI=1S/C24H20N.C5H5F3O2/c1-5-13-21(14-6-1)25(22-15-7-2-8-16-22,23-17-9-3-10-18-23)24-19-11-4-12-20-24;1-3(9)2-4(10)5(6,7)8/h1-20H;9H,1-2H2/q+1;/p-1. The Balaban J connectivity index is 0.000000292. The Kier molecular flexibility index (Phi) is 8.23. The highest BCUT2D eigenvalue weighted by molar-refractivity contribution is 5.85. The van der Waals surface area contributed by atoms with Gasteiger partial charge in [0, 0.05) is 55.0 Å². The molecule has 0 N–H and O–H groups in total. The first-order chi connectivity index (χ1) is 16.8. The van der Waals surface area contributed by atoms with Crippen molar-refractivity contribution in [2.75, 3.05) is 0 Å². The molecule has 0 radical (unpaired) electrons. The first-order valence-electron chi connectivity index (χ1n) is 10.8. The molecule has 4 aromatic rings. The third-order valence-corrected chi connectivity index (χ3v) is 5.25. The highest BCUT2D eigenvalue weighted by Gasteiger charge is 2.38. The van der Waals surface area contributed by atoms with Gasteiger partial charge in [-0.25, -0.2) is 0 Å². The molecule has 0 fully saturated rings. The molecule has 4 rings (SSSR count). The van der Waals surface area contributed by atoms with Crippen LogP contribution in [0.3, 0.4) is 0 Å². The van der Waals surface area contributed by atoms with Gasteiger partial charge in [0.05, 0.1) is 0 Å². The molecule has 0 aliphatic carbocycles. The molecule has 0 aliphatic rings. The fourth-order valence-electron chi connectivity index (χ4n) is 3.78. The second kappa shape index (κ2) is 11.3. The number of allylic oxidation sites excluding steroid dienone is 1. The number of benzene rings is 4. The molecule has 0 aromatic heterocycles. The SMILES string of the molecule is C=C([O-])CC(=O)C(F)(F)F.c1ccc([N+](c2ccccc2)(c2ccccc2)c2ccccc2)cc1. The summed E-state index contributed by atoms with van der Waals surface area (Å²) in [5.41, 5.74) is 4.86. The number of carbonyl (C=O) groups is 1. The van der Waals surface area contributed by atoms with Crippen molar-refractivity contribution in [3.63, 3.8) is 0 Å². The number of Topliss-reactive ketones (excluding diaryl/α,β-unsaturated/α-hetero) is 1. The van der Waals surface area contributed by atoms with Gasteiger partial charge in [0.15, 0.2) is 0 Å². The van der Waals surface area contributed by atoms with Crippen molar-refractivity contribution in [1.29, 1.82) is 0 Å². The molecular formula is C29H24F3NO2. The van der Waals surface area contributed by atoms with Crippen LogP contribution in [-0.4, -0.2) is 12.0 Å². The zero-order valence-electron chi connectivity index (χ0n) is 18.9. The number of halogens is 3. The Morgan fingerprint density at radius 1 is 0.629 bits per heavy atom. The monoisotopic (exact) mass is 475 g/mol. The van der Waals surface area contributed by atoms with Crippen molar-refractivity contribution in [2.24, 2.45) is 0 Å². The summed E-state index contributed by atoms with van der Waals surface area (Å²) in [5.74, 6) is -3.07. The molecule has 6 heteroatoms. The van der Waals surface area contributed by atoms with E-state index in [0.717, 1.165) is 0 Å². The fourth-order valence-corrected chi connectivity index (χ4v) is 3.78. The largest absolute Gasteiger partial charge is 0.876 e. The summed E-state index contributed by atoms with van der Waals surface area (Å²) in [6, 6.07) is 42.8. The smallest absolute Gasteiger partial charge is 0.450 e. The minimum absolute atomic E-state index is 0.559. The molecule has 0 aliphatic heterocycles. The van der Waals surface area contributed by atoms with Gasteiger partial charge >= 0.3 is 6.18 Å². The molecule has 0 heterocycles. The van der Waals surface area contributed by atoms with Crippen LogP contribution in [0.5, 0.6) is 0 Å². The Labute approximate surface area is 202 Å². The lowest BCUT2D eigenvalue weighted by atomic mass is 10.1. The van der Waals surface area contributed by atoms with E-state index in [9.17, 15) is 23.1 Å². The van der Waals surface area contributed by atoms with Crippen LogP contribution in [0.15, 0.2) is 134 Å². The maximum absolute atomic E-state index is 11.3. The van der Waals surface area contributed by atoms with Gasteiger partial charge in [-0.3, -0.25) is 4.79 Å². The summed E-state index contributed by atoms with van der Waals surface area (Å²) in [6.45, 7) is 2.63. The predicted octanol–water partition coefficient (Wildman–Crippen LogP) is 7.37. The van der Waals surface area contributed by atoms with E-state index in [1.807, 2.05) is 0 Å². The Morgan fingerprint density at radius 3 is 1.06 bits per heavy atom. The third kappa shape index (κ3) is 6.05. The molecule has 0 unspecified atom stereocenters. The maximum Gasteiger partial charge on any atom is 0.450 e. The summed E-state index contributed by atoms with van der Waals surface area (Å²) in [6.07, 6.45) is -6.07. The molecule has 0 atom stereocenters. The molecule has 0 amide bonds. The van der Waals surface area contributed by atoms with Gasteiger partial charge in [0.2, 0.25) is 5.78 Å². The fraction of sp³-hybridized carbons (Fsp3) is 0.0690. The highest BCUT2D eigenvalue weighted by atomic mass is 19.4. The molecule has 4 aromatic carbocycles. The topological polar surface area (TPSA) is 40.1 Å². The zero-order chi connectivity index (χ0) is 25.3. The number of hydrogen-bond acceptors (Lipinski definition) is 2. The van der Waals surface area contributed by atoms with Crippen molar-refractivity contribution >= 4 is 28.5 Å². The molecule has 0 bridgehead atoms. The van der Waals surface area contributed by atoms with Crippen molar-refractivity contribution in [1.82, 2.24) is 4.48 Å². The summed E-state index contributed by atoms with van der Waals surface area (Å²) < 4.78 is 34.4. The van der Waals surface area contributed by atoms with Gasteiger partial charge in [-0.1, -0.05) is 72.8 Å². The third-order valence-electron chi connectivity index (χ3n) is 5.25. The number of alkyl halides is 3. The summed E-state index contributed by atoms with van der Waals surface area (Å²) in [4.78, 5) is 9.89. The Hall–Kier alpha value is -4.16. The van der Waals surface area contributed by atoms with Crippen LogP contribution >= 0.6 is 0 Å². The van der Waals surface area contributed by atoms with E-state index in [1.165, 1.54) is 22.7 Å². The molecular weight excluding hydrogens is 451 g/mol. The second-order valence-corrected chi connectivity index (χ2v) is 7.65. The van der Waals surface area contributed by atoms with Crippen LogP contribution < -0.4 is 9.59 Å². The number of carbonyl (C=O) groups excluding carboxylic acids is 1.